The van der Waals surface area contributed by atoms with Crippen LogP contribution < -0.4 is 0 Å². The molecule has 0 bridgehead atoms. The zero-order valence-electron chi connectivity index (χ0n) is 7.42. The van der Waals surface area contributed by atoms with Gasteiger partial charge in [-0.3, -0.25) is 0 Å². The molecule has 3 unspecified atom stereocenters. The molecule has 0 nitrogen and oxygen atoms in total. The number of rotatable bonds is 0. The molecule has 1 saturated carbocycles. The second-order valence-electron chi connectivity index (χ2n) is 4.05. The summed E-state index contributed by atoms with van der Waals surface area (Å²) >= 11 is 0. The molecule has 12 heavy (non-hydrogen) atoms. The van der Waals surface area contributed by atoms with Crippen LogP contribution in [0, 0.1) is 30.1 Å². The van der Waals surface area contributed by atoms with E-state index in [0.717, 1.165) is 11.8 Å². The average molecular weight is 159 g/mol. The molecule has 0 heteroatoms. The Hall–Kier alpha value is -0.700. The zero-order chi connectivity index (χ0) is 8.39. The van der Waals surface area contributed by atoms with Crippen LogP contribution in [-0.4, -0.2) is 0 Å². The fraction of sp³-hybridized carbons (Fsp3) is 0.667. The van der Waals surface area contributed by atoms with E-state index < -0.39 is 0 Å². The summed E-state index contributed by atoms with van der Waals surface area (Å²) in [5.41, 5.74) is 0. The van der Waals surface area contributed by atoms with Gasteiger partial charge in [-0.25, -0.2) is 0 Å². The highest BCUT2D eigenvalue weighted by molar-refractivity contribution is 5.04. The highest BCUT2D eigenvalue weighted by Crippen LogP contribution is 2.41. The first-order valence-electron chi connectivity index (χ1n) is 4.99. The van der Waals surface area contributed by atoms with Gasteiger partial charge in [0.15, 0.2) is 0 Å². The first-order chi connectivity index (χ1) is 5.92. The summed E-state index contributed by atoms with van der Waals surface area (Å²) in [6.45, 7) is 0. The molecule has 0 heterocycles. The number of allylic oxidation sites excluding steroid dienone is 2. The SMILES string of the molecule is [C]#CC1CCCC2CC=CCC12. The van der Waals surface area contributed by atoms with Crippen molar-refractivity contribution in [2.24, 2.45) is 17.8 Å². The van der Waals surface area contributed by atoms with E-state index in [4.69, 9.17) is 6.42 Å². The normalized spacial score (nSPS) is 40.1. The van der Waals surface area contributed by atoms with Crippen LogP contribution in [0.4, 0.5) is 0 Å². The van der Waals surface area contributed by atoms with Crippen LogP contribution in [-0.2, 0) is 0 Å². The minimum absolute atomic E-state index is 0.466. The van der Waals surface area contributed by atoms with Gasteiger partial charge in [0.1, 0.15) is 0 Å². The highest BCUT2D eigenvalue weighted by atomic mass is 14.4. The molecule has 2 aliphatic carbocycles. The minimum atomic E-state index is 0.466. The topological polar surface area (TPSA) is 0 Å². The summed E-state index contributed by atoms with van der Waals surface area (Å²) in [4.78, 5) is 0. The number of hydrogen-bond donors (Lipinski definition) is 0. The first kappa shape index (κ1) is 7.92. The maximum Gasteiger partial charge on any atom is 0.0247 e. The Balaban J connectivity index is 2.11. The van der Waals surface area contributed by atoms with Crippen molar-refractivity contribution in [3.8, 4) is 5.92 Å². The minimum Gasteiger partial charge on any atom is -0.0882 e. The molecule has 3 atom stereocenters. The Morgan fingerprint density at radius 1 is 1.17 bits per heavy atom. The Morgan fingerprint density at radius 3 is 2.83 bits per heavy atom. The van der Waals surface area contributed by atoms with Gasteiger partial charge < -0.3 is 0 Å². The molecule has 0 aromatic rings. The molecule has 0 saturated heterocycles. The van der Waals surface area contributed by atoms with Crippen molar-refractivity contribution in [3.05, 3.63) is 18.6 Å². The smallest absolute Gasteiger partial charge is 0.0247 e. The Kier molecular flexibility index (Phi) is 2.21. The third kappa shape index (κ3) is 1.29. The van der Waals surface area contributed by atoms with E-state index in [2.05, 4.69) is 18.1 Å². The van der Waals surface area contributed by atoms with E-state index in [0.29, 0.717) is 5.92 Å². The van der Waals surface area contributed by atoms with Crippen LogP contribution in [0.5, 0.6) is 0 Å². The molecule has 0 aliphatic heterocycles. The van der Waals surface area contributed by atoms with Crippen molar-refractivity contribution in [1.82, 2.24) is 0 Å². The second-order valence-corrected chi connectivity index (χ2v) is 4.05. The predicted molar refractivity (Wildman–Crippen MR) is 49.8 cm³/mol. The largest absolute Gasteiger partial charge is 0.0882 e. The van der Waals surface area contributed by atoms with Crippen molar-refractivity contribution in [1.29, 1.82) is 0 Å². The molecule has 1 radical (unpaired) electrons. The molecule has 1 fully saturated rings. The van der Waals surface area contributed by atoms with E-state index in [1.165, 1.54) is 32.1 Å². The molecule has 2 rings (SSSR count). The van der Waals surface area contributed by atoms with Crippen LogP contribution >= 0.6 is 0 Å². The molecular formula is C12H15. The van der Waals surface area contributed by atoms with Gasteiger partial charge in [0, 0.05) is 5.92 Å². The van der Waals surface area contributed by atoms with Gasteiger partial charge in [-0.15, -0.1) is 0 Å². The van der Waals surface area contributed by atoms with E-state index in [1.807, 2.05) is 0 Å². The summed E-state index contributed by atoms with van der Waals surface area (Å²) in [6, 6.07) is 0. The number of fused-ring (bicyclic) bond motifs is 1. The third-order valence-electron chi connectivity index (χ3n) is 3.41. The van der Waals surface area contributed by atoms with Crippen LogP contribution in [0.15, 0.2) is 12.2 Å². The Labute approximate surface area is 75.1 Å². The fourth-order valence-corrected chi connectivity index (χ4v) is 2.71. The molecule has 2 aliphatic rings. The van der Waals surface area contributed by atoms with Crippen molar-refractivity contribution >= 4 is 0 Å². The van der Waals surface area contributed by atoms with E-state index in [9.17, 15) is 0 Å². The highest BCUT2D eigenvalue weighted by Gasteiger charge is 2.31. The second kappa shape index (κ2) is 3.35. The molecule has 0 spiro atoms. The first-order valence-corrected chi connectivity index (χ1v) is 4.99. The average Bonchev–Trinajstić information content (AvgIpc) is 2.17. The van der Waals surface area contributed by atoms with Crippen LogP contribution in [0.25, 0.3) is 0 Å². The Morgan fingerprint density at radius 2 is 2.00 bits per heavy atom. The lowest BCUT2D eigenvalue weighted by Gasteiger charge is -2.36. The predicted octanol–water partition coefficient (Wildman–Crippen LogP) is 2.96. The van der Waals surface area contributed by atoms with E-state index >= 15 is 0 Å². The maximum absolute atomic E-state index is 7.25. The summed E-state index contributed by atoms with van der Waals surface area (Å²) in [6.07, 6.45) is 18.2. The van der Waals surface area contributed by atoms with Crippen LogP contribution in [0.2, 0.25) is 0 Å². The van der Waals surface area contributed by atoms with Gasteiger partial charge in [0.25, 0.3) is 0 Å². The van der Waals surface area contributed by atoms with Crippen LogP contribution in [0.1, 0.15) is 32.1 Å². The molecule has 0 aromatic carbocycles. The van der Waals surface area contributed by atoms with Crippen molar-refractivity contribution in [2.45, 2.75) is 32.1 Å². The molecule has 63 valence electrons. The van der Waals surface area contributed by atoms with Gasteiger partial charge in [-0.1, -0.05) is 24.5 Å². The summed E-state index contributed by atoms with van der Waals surface area (Å²) in [5.74, 6) is 4.80. The standard InChI is InChI=1S/C12H15/c1-2-10-7-5-8-11-6-3-4-9-12(10)11/h3-4,10-12H,5-9H2. The zero-order valence-corrected chi connectivity index (χ0v) is 7.42. The van der Waals surface area contributed by atoms with Gasteiger partial charge >= 0.3 is 0 Å². The molecule has 0 aromatic heterocycles. The fourth-order valence-electron chi connectivity index (χ4n) is 2.71. The lowest BCUT2D eigenvalue weighted by molar-refractivity contribution is 0.186. The summed E-state index contributed by atoms with van der Waals surface area (Å²) < 4.78 is 0. The quantitative estimate of drug-likeness (QED) is 0.376. The summed E-state index contributed by atoms with van der Waals surface area (Å²) in [7, 11) is 0. The lowest BCUT2D eigenvalue weighted by atomic mass is 9.68. The van der Waals surface area contributed by atoms with Gasteiger partial charge in [-0.05, 0) is 43.9 Å². The maximum atomic E-state index is 7.25. The monoisotopic (exact) mass is 159 g/mol. The third-order valence-corrected chi connectivity index (χ3v) is 3.41. The number of hydrogen-bond acceptors (Lipinski definition) is 0. The summed E-state index contributed by atoms with van der Waals surface area (Å²) in [5, 5.41) is 0. The van der Waals surface area contributed by atoms with Crippen molar-refractivity contribution < 1.29 is 0 Å². The Bertz CT molecular complexity index is 219. The molecular weight excluding hydrogens is 144 g/mol. The van der Waals surface area contributed by atoms with Gasteiger partial charge in [0.05, 0.1) is 0 Å². The van der Waals surface area contributed by atoms with Crippen molar-refractivity contribution in [2.75, 3.05) is 0 Å². The molecule has 0 N–H and O–H groups in total. The van der Waals surface area contributed by atoms with E-state index in [1.54, 1.807) is 0 Å². The molecule has 0 amide bonds. The van der Waals surface area contributed by atoms with Gasteiger partial charge in [-0.2, -0.15) is 0 Å². The van der Waals surface area contributed by atoms with E-state index in [-0.39, 0.29) is 0 Å². The van der Waals surface area contributed by atoms with Crippen LogP contribution in [0.3, 0.4) is 0 Å². The van der Waals surface area contributed by atoms with Gasteiger partial charge in [0.2, 0.25) is 0 Å². The lowest BCUT2D eigenvalue weighted by Crippen LogP contribution is -2.28. The van der Waals surface area contributed by atoms with Crippen molar-refractivity contribution in [3.63, 3.8) is 0 Å².